The Bertz CT molecular complexity index is 409. The number of nitrogen functional groups attached to an aromatic ring is 1. The molecule has 0 saturated carbocycles. The van der Waals surface area contributed by atoms with Crippen molar-refractivity contribution in [1.82, 2.24) is 15.2 Å². The summed E-state index contributed by atoms with van der Waals surface area (Å²) in [5, 5.41) is 9.69. The second-order valence-corrected chi connectivity index (χ2v) is 3.24. The fourth-order valence-electron chi connectivity index (χ4n) is 1.32. The van der Waals surface area contributed by atoms with Gasteiger partial charge in [0.25, 0.3) is 0 Å². The van der Waals surface area contributed by atoms with Gasteiger partial charge in [0, 0.05) is 18.9 Å². The van der Waals surface area contributed by atoms with Crippen molar-refractivity contribution in [3.8, 4) is 0 Å². The molecule has 15 heavy (non-hydrogen) atoms. The fourth-order valence-corrected chi connectivity index (χ4v) is 1.32. The number of pyridine rings is 1. The van der Waals surface area contributed by atoms with Gasteiger partial charge >= 0.3 is 0 Å². The van der Waals surface area contributed by atoms with E-state index in [1.807, 2.05) is 18.3 Å². The van der Waals surface area contributed by atoms with E-state index in [9.17, 15) is 0 Å². The van der Waals surface area contributed by atoms with Crippen LogP contribution in [0.5, 0.6) is 0 Å². The lowest BCUT2D eigenvalue weighted by Gasteiger charge is -2.03. The zero-order valence-electron chi connectivity index (χ0n) is 8.27. The van der Waals surface area contributed by atoms with Gasteiger partial charge in [-0.15, -0.1) is 0 Å². The van der Waals surface area contributed by atoms with Gasteiger partial charge in [-0.1, -0.05) is 6.07 Å². The fraction of sp³-hybridized carbons (Fsp3) is 0.200. The minimum Gasteiger partial charge on any atom is -0.382 e. The number of aromatic nitrogens is 3. The summed E-state index contributed by atoms with van der Waals surface area (Å²) >= 11 is 0. The Morgan fingerprint density at radius 1 is 1.40 bits per heavy atom. The van der Waals surface area contributed by atoms with Gasteiger partial charge in [0.1, 0.15) is 5.82 Å². The normalized spacial score (nSPS) is 10.1. The average molecular weight is 203 g/mol. The Morgan fingerprint density at radius 3 is 3.00 bits per heavy atom. The highest BCUT2D eigenvalue weighted by Crippen LogP contribution is 2.12. The van der Waals surface area contributed by atoms with Gasteiger partial charge in [-0.2, -0.15) is 5.10 Å². The molecule has 0 saturated heterocycles. The van der Waals surface area contributed by atoms with Crippen LogP contribution >= 0.6 is 0 Å². The van der Waals surface area contributed by atoms with E-state index in [-0.39, 0.29) is 0 Å². The highest BCUT2D eigenvalue weighted by atomic mass is 15.2. The molecule has 0 amide bonds. The van der Waals surface area contributed by atoms with Gasteiger partial charge in [-0.25, -0.2) is 0 Å². The summed E-state index contributed by atoms with van der Waals surface area (Å²) in [7, 11) is 0. The first kappa shape index (κ1) is 9.51. The molecule has 0 unspecified atom stereocenters. The van der Waals surface area contributed by atoms with Crippen LogP contribution in [0.1, 0.15) is 5.56 Å². The highest BCUT2D eigenvalue weighted by molar-refractivity contribution is 5.59. The van der Waals surface area contributed by atoms with Crippen LogP contribution in [0.25, 0.3) is 0 Å². The third-order valence-electron chi connectivity index (χ3n) is 2.12. The molecule has 0 aliphatic heterocycles. The lowest BCUT2D eigenvalue weighted by molar-refractivity contribution is 1.01. The minimum atomic E-state index is 0.571. The molecule has 5 heteroatoms. The molecule has 2 aromatic heterocycles. The van der Waals surface area contributed by atoms with E-state index in [0.29, 0.717) is 5.82 Å². The van der Waals surface area contributed by atoms with Crippen molar-refractivity contribution >= 4 is 11.5 Å². The van der Waals surface area contributed by atoms with Crippen LogP contribution in [0.4, 0.5) is 11.5 Å². The maximum Gasteiger partial charge on any atom is 0.142 e. The Hall–Kier alpha value is -2.04. The number of H-pyrrole nitrogens is 1. The van der Waals surface area contributed by atoms with Crippen molar-refractivity contribution in [3.05, 3.63) is 36.3 Å². The predicted octanol–water partition coefficient (Wildman–Crippen LogP) is 1.04. The first-order valence-corrected chi connectivity index (χ1v) is 4.78. The van der Waals surface area contributed by atoms with E-state index >= 15 is 0 Å². The van der Waals surface area contributed by atoms with Crippen LogP contribution in [-0.2, 0) is 6.42 Å². The van der Waals surface area contributed by atoms with Crippen molar-refractivity contribution < 1.29 is 0 Å². The predicted molar refractivity (Wildman–Crippen MR) is 59.4 cm³/mol. The summed E-state index contributed by atoms with van der Waals surface area (Å²) in [4.78, 5) is 4.05. The van der Waals surface area contributed by atoms with Gasteiger partial charge in [0.2, 0.25) is 0 Å². The number of aromatic amines is 1. The summed E-state index contributed by atoms with van der Waals surface area (Å²) in [5.41, 5.74) is 7.67. The standard InChI is InChI=1S/C10H13N5/c11-10-9(7-14-15-10)13-5-3-8-2-1-4-12-6-8/h1-2,4,6-7,13H,3,5H2,(H3,11,14,15). The molecule has 0 aliphatic rings. The summed E-state index contributed by atoms with van der Waals surface area (Å²) < 4.78 is 0. The van der Waals surface area contributed by atoms with E-state index < -0.39 is 0 Å². The van der Waals surface area contributed by atoms with Gasteiger partial charge in [0.15, 0.2) is 0 Å². The van der Waals surface area contributed by atoms with Crippen LogP contribution in [0.3, 0.4) is 0 Å². The summed E-state index contributed by atoms with van der Waals surface area (Å²) in [6.07, 6.45) is 6.22. The number of nitrogens with zero attached hydrogens (tertiary/aromatic N) is 2. The monoisotopic (exact) mass is 203 g/mol. The zero-order chi connectivity index (χ0) is 10.5. The summed E-state index contributed by atoms with van der Waals surface area (Å²) in [6.45, 7) is 0.815. The first-order chi connectivity index (χ1) is 7.36. The van der Waals surface area contributed by atoms with Crippen LogP contribution in [0.15, 0.2) is 30.7 Å². The number of nitrogens with two attached hydrogens (primary N) is 1. The Balaban J connectivity index is 1.83. The van der Waals surface area contributed by atoms with Crippen molar-refractivity contribution in [2.24, 2.45) is 0 Å². The second kappa shape index (κ2) is 4.45. The molecular formula is C10H13N5. The summed E-state index contributed by atoms with van der Waals surface area (Å²) in [5.74, 6) is 0.571. The molecule has 0 fully saturated rings. The van der Waals surface area contributed by atoms with Crippen molar-refractivity contribution in [3.63, 3.8) is 0 Å². The van der Waals surface area contributed by atoms with E-state index in [1.54, 1.807) is 12.4 Å². The molecule has 2 rings (SSSR count). The van der Waals surface area contributed by atoms with Gasteiger partial charge in [0.05, 0.1) is 11.9 Å². The minimum absolute atomic E-state index is 0.571. The van der Waals surface area contributed by atoms with Crippen molar-refractivity contribution in [1.29, 1.82) is 0 Å². The number of rotatable bonds is 4. The molecule has 2 aromatic rings. The largest absolute Gasteiger partial charge is 0.382 e. The molecule has 2 heterocycles. The van der Waals surface area contributed by atoms with Crippen LogP contribution in [0, 0.1) is 0 Å². The smallest absolute Gasteiger partial charge is 0.142 e. The Kier molecular flexibility index (Phi) is 2.82. The molecule has 4 N–H and O–H groups in total. The van der Waals surface area contributed by atoms with E-state index in [2.05, 4.69) is 20.5 Å². The lowest BCUT2D eigenvalue weighted by atomic mass is 10.2. The first-order valence-electron chi connectivity index (χ1n) is 4.78. The van der Waals surface area contributed by atoms with E-state index in [0.717, 1.165) is 18.7 Å². The third kappa shape index (κ3) is 2.46. The number of nitrogens with one attached hydrogen (secondary N) is 2. The molecule has 0 bridgehead atoms. The summed E-state index contributed by atoms with van der Waals surface area (Å²) in [6, 6.07) is 3.98. The average Bonchev–Trinajstić information content (AvgIpc) is 2.66. The quantitative estimate of drug-likeness (QED) is 0.693. The van der Waals surface area contributed by atoms with E-state index in [1.165, 1.54) is 5.56 Å². The molecule has 78 valence electrons. The molecular weight excluding hydrogens is 190 g/mol. The van der Waals surface area contributed by atoms with Crippen molar-refractivity contribution in [2.75, 3.05) is 17.6 Å². The Morgan fingerprint density at radius 2 is 2.33 bits per heavy atom. The third-order valence-corrected chi connectivity index (χ3v) is 2.12. The molecule has 0 spiro atoms. The van der Waals surface area contributed by atoms with Crippen LogP contribution in [-0.4, -0.2) is 21.7 Å². The van der Waals surface area contributed by atoms with Crippen LogP contribution in [0.2, 0.25) is 0 Å². The van der Waals surface area contributed by atoms with Gasteiger partial charge in [-0.05, 0) is 18.1 Å². The lowest BCUT2D eigenvalue weighted by Crippen LogP contribution is -2.05. The SMILES string of the molecule is Nc1[nH]ncc1NCCc1cccnc1. The molecule has 0 radical (unpaired) electrons. The topological polar surface area (TPSA) is 79.6 Å². The number of hydrogen-bond donors (Lipinski definition) is 3. The Labute approximate surface area is 87.7 Å². The van der Waals surface area contributed by atoms with Gasteiger partial charge < -0.3 is 11.1 Å². The number of anilines is 2. The maximum absolute atomic E-state index is 5.63. The molecule has 5 nitrogen and oxygen atoms in total. The number of hydrogen-bond acceptors (Lipinski definition) is 4. The molecule has 0 aromatic carbocycles. The zero-order valence-corrected chi connectivity index (χ0v) is 8.27. The van der Waals surface area contributed by atoms with E-state index in [4.69, 9.17) is 5.73 Å². The van der Waals surface area contributed by atoms with Gasteiger partial charge in [-0.3, -0.25) is 10.1 Å². The van der Waals surface area contributed by atoms with Crippen LogP contribution < -0.4 is 11.1 Å². The second-order valence-electron chi connectivity index (χ2n) is 3.24. The molecule has 0 atom stereocenters. The van der Waals surface area contributed by atoms with Crippen molar-refractivity contribution in [2.45, 2.75) is 6.42 Å². The molecule has 0 aliphatic carbocycles. The highest BCUT2D eigenvalue weighted by Gasteiger charge is 1.99. The maximum atomic E-state index is 5.63.